The molecule has 3 aromatic carbocycles. The zero-order chi connectivity index (χ0) is 17.9. The van der Waals surface area contributed by atoms with E-state index in [0.29, 0.717) is 0 Å². The second-order valence-electron chi connectivity index (χ2n) is 7.12. The van der Waals surface area contributed by atoms with E-state index in [1.807, 2.05) is 36.1 Å². The van der Waals surface area contributed by atoms with Gasteiger partial charge < -0.3 is 4.90 Å². The smallest absolute Gasteiger partial charge is 0.253 e. The second kappa shape index (κ2) is 7.30. The molecule has 1 saturated heterocycles. The van der Waals surface area contributed by atoms with Gasteiger partial charge in [-0.1, -0.05) is 54.1 Å². The highest BCUT2D eigenvalue weighted by Crippen LogP contribution is 2.18. The summed E-state index contributed by atoms with van der Waals surface area (Å²) in [5.74, 6) is 0.148. The van der Waals surface area contributed by atoms with Gasteiger partial charge in [0, 0.05) is 38.3 Å². The zero-order valence-corrected chi connectivity index (χ0v) is 15.2. The van der Waals surface area contributed by atoms with Crippen LogP contribution in [0.5, 0.6) is 0 Å². The van der Waals surface area contributed by atoms with Crippen molar-refractivity contribution in [1.82, 2.24) is 9.80 Å². The molecule has 0 aromatic heterocycles. The van der Waals surface area contributed by atoms with Gasteiger partial charge in [-0.25, -0.2) is 0 Å². The number of aryl methyl sites for hydroxylation is 1. The van der Waals surface area contributed by atoms with Crippen LogP contribution in [0, 0.1) is 6.92 Å². The lowest BCUT2D eigenvalue weighted by molar-refractivity contribution is 0.0628. The summed E-state index contributed by atoms with van der Waals surface area (Å²) in [7, 11) is 0. The molecule has 1 aliphatic rings. The van der Waals surface area contributed by atoms with Gasteiger partial charge in [0.25, 0.3) is 5.91 Å². The van der Waals surface area contributed by atoms with Crippen LogP contribution < -0.4 is 0 Å². The van der Waals surface area contributed by atoms with E-state index in [-0.39, 0.29) is 5.91 Å². The molecule has 3 heteroatoms. The molecule has 1 fully saturated rings. The standard InChI is InChI=1S/C23H24N2O/c1-18-6-9-21(10-7-18)23(26)25-14-12-24(13-15-25)17-19-8-11-20-4-2-3-5-22(20)16-19/h2-11,16H,12-15,17H2,1H3. The molecular formula is C23H24N2O. The second-order valence-corrected chi connectivity index (χ2v) is 7.12. The number of nitrogens with zero attached hydrogens (tertiary/aromatic N) is 2. The summed E-state index contributed by atoms with van der Waals surface area (Å²) in [6, 6.07) is 23.0. The minimum Gasteiger partial charge on any atom is -0.336 e. The topological polar surface area (TPSA) is 23.6 Å². The molecule has 4 rings (SSSR count). The van der Waals surface area contributed by atoms with Gasteiger partial charge in [0.1, 0.15) is 0 Å². The first-order valence-corrected chi connectivity index (χ1v) is 9.25. The Morgan fingerprint density at radius 1 is 0.846 bits per heavy atom. The fourth-order valence-electron chi connectivity index (χ4n) is 3.58. The van der Waals surface area contributed by atoms with Gasteiger partial charge in [-0.15, -0.1) is 0 Å². The van der Waals surface area contributed by atoms with Crippen molar-refractivity contribution < 1.29 is 4.79 Å². The number of carbonyl (C=O) groups is 1. The summed E-state index contributed by atoms with van der Waals surface area (Å²) >= 11 is 0. The van der Waals surface area contributed by atoms with Gasteiger partial charge in [-0.05, 0) is 41.5 Å². The van der Waals surface area contributed by atoms with Crippen LogP contribution in [0.2, 0.25) is 0 Å². The minimum absolute atomic E-state index is 0.148. The average Bonchev–Trinajstić information content (AvgIpc) is 2.68. The van der Waals surface area contributed by atoms with Crippen molar-refractivity contribution >= 4 is 16.7 Å². The average molecular weight is 344 g/mol. The lowest BCUT2D eigenvalue weighted by Gasteiger charge is -2.34. The number of hydrogen-bond acceptors (Lipinski definition) is 2. The van der Waals surface area contributed by atoms with Crippen molar-refractivity contribution in [3.8, 4) is 0 Å². The third kappa shape index (κ3) is 3.63. The first-order chi connectivity index (χ1) is 12.7. The van der Waals surface area contributed by atoms with Crippen LogP contribution >= 0.6 is 0 Å². The third-order valence-electron chi connectivity index (χ3n) is 5.18. The largest absolute Gasteiger partial charge is 0.336 e. The van der Waals surface area contributed by atoms with Crippen molar-refractivity contribution in [2.45, 2.75) is 13.5 Å². The molecule has 26 heavy (non-hydrogen) atoms. The first kappa shape index (κ1) is 16.8. The van der Waals surface area contributed by atoms with Crippen LogP contribution in [0.15, 0.2) is 66.7 Å². The fourth-order valence-corrected chi connectivity index (χ4v) is 3.58. The summed E-state index contributed by atoms with van der Waals surface area (Å²) in [5.41, 5.74) is 3.31. The van der Waals surface area contributed by atoms with E-state index in [2.05, 4.69) is 47.4 Å². The Labute approximate surface area is 154 Å². The molecule has 132 valence electrons. The molecule has 3 nitrogen and oxygen atoms in total. The van der Waals surface area contributed by atoms with Crippen molar-refractivity contribution in [3.05, 3.63) is 83.4 Å². The number of rotatable bonds is 3. The number of amides is 1. The predicted octanol–water partition coefficient (Wildman–Crippen LogP) is 4.11. The number of benzene rings is 3. The van der Waals surface area contributed by atoms with Crippen LogP contribution in [0.3, 0.4) is 0 Å². The summed E-state index contributed by atoms with van der Waals surface area (Å²) in [4.78, 5) is 17.0. The molecule has 1 heterocycles. The zero-order valence-electron chi connectivity index (χ0n) is 15.2. The Morgan fingerprint density at radius 3 is 2.27 bits per heavy atom. The van der Waals surface area contributed by atoms with Gasteiger partial charge in [0.15, 0.2) is 0 Å². The Balaban J connectivity index is 1.37. The molecule has 1 amide bonds. The highest BCUT2D eigenvalue weighted by Gasteiger charge is 2.22. The van der Waals surface area contributed by atoms with E-state index >= 15 is 0 Å². The first-order valence-electron chi connectivity index (χ1n) is 9.25. The highest BCUT2D eigenvalue weighted by atomic mass is 16.2. The van der Waals surface area contributed by atoms with Gasteiger partial charge in [-0.3, -0.25) is 9.69 Å². The third-order valence-corrected chi connectivity index (χ3v) is 5.18. The molecule has 1 aliphatic heterocycles. The maximum Gasteiger partial charge on any atom is 0.253 e. The molecule has 0 saturated carbocycles. The van der Waals surface area contributed by atoms with Crippen LogP contribution in [0.4, 0.5) is 0 Å². The van der Waals surface area contributed by atoms with Crippen LogP contribution in [0.25, 0.3) is 10.8 Å². The van der Waals surface area contributed by atoms with Crippen molar-refractivity contribution in [2.24, 2.45) is 0 Å². The van der Waals surface area contributed by atoms with Crippen molar-refractivity contribution in [2.75, 3.05) is 26.2 Å². The normalized spacial score (nSPS) is 15.3. The van der Waals surface area contributed by atoms with Crippen molar-refractivity contribution in [1.29, 1.82) is 0 Å². The van der Waals surface area contributed by atoms with Crippen LogP contribution in [-0.2, 0) is 6.54 Å². The van der Waals surface area contributed by atoms with E-state index in [9.17, 15) is 4.79 Å². The van der Waals surface area contributed by atoms with Gasteiger partial charge >= 0.3 is 0 Å². The molecule has 0 bridgehead atoms. The Morgan fingerprint density at radius 2 is 1.54 bits per heavy atom. The summed E-state index contributed by atoms with van der Waals surface area (Å²) in [6.45, 7) is 6.41. The van der Waals surface area contributed by atoms with E-state index in [1.165, 1.54) is 21.9 Å². The Kier molecular flexibility index (Phi) is 4.72. The summed E-state index contributed by atoms with van der Waals surface area (Å²) in [6.07, 6.45) is 0. The molecular weight excluding hydrogens is 320 g/mol. The maximum absolute atomic E-state index is 12.6. The predicted molar refractivity (Wildman–Crippen MR) is 106 cm³/mol. The van der Waals surface area contributed by atoms with Crippen LogP contribution in [0.1, 0.15) is 21.5 Å². The Bertz CT molecular complexity index is 909. The molecule has 0 spiro atoms. The minimum atomic E-state index is 0.148. The molecule has 0 unspecified atom stereocenters. The molecule has 0 atom stereocenters. The van der Waals surface area contributed by atoms with Crippen molar-refractivity contribution in [3.63, 3.8) is 0 Å². The number of hydrogen-bond donors (Lipinski definition) is 0. The van der Waals surface area contributed by atoms with Gasteiger partial charge in [0.2, 0.25) is 0 Å². The lowest BCUT2D eigenvalue weighted by Crippen LogP contribution is -2.48. The number of carbonyl (C=O) groups excluding carboxylic acids is 1. The monoisotopic (exact) mass is 344 g/mol. The Hall–Kier alpha value is -2.65. The maximum atomic E-state index is 12.6. The van der Waals surface area contributed by atoms with Gasteiger partial charge in [-0.2, -0.15) is 0 Å². The van der Waals surface area contributed by atoms with E-state index in [1.54, 1.807) is 0 Å². The summed E-state index contributed by atoms with van der Waals surface area (Å²) in [5, 5.41) is 2.57. The fraction of sp³-hybridized carbons (Fsp3) is 0.261. The van der Waals surface area contributed by atoms with E-state index in [0.717, 1.165) is 38.3 Å². The van der Waals surface area contributed by atoms with E-state index in [4.69, 9.17) is 0 Å². The van der Waals surface area contributed by atoms with Crippen LogP contribution in [-0.4, -0.2) is 41.9 Å². The van der Waals surface area contributed by atoms with E-state index < -0.39 is 0 Å². The number of piperazine rings is 1. The quantitative estimate of drug-likeness (QED) is 0.714. The molecule has 0 aliphatic carbocycles. The van der Waals surface area contributed by atoms with Gasteiger partial charge in [0.05, 0.1) is 0 Å². The molecule has 3 aromatic rings. The summed E-state index contributed by atoms with van der Waals surface area (Å²) < 4.78 is 0. The lowest BCUT2D eigenvalue weighted by atomic mass is 10.1. The highest BCUT2D eigenvalue weighted by molar-refractivity contribution is 5.94. The SMILES string of the molecule is Cc1ccc(C(=O)N2CCN(Cc3ccc4ccccc4c3)CC2)cc1. The number of fused-ring (bicyclic) bond motifs is 1. The molecule has 0 radical (unpaired) electrons. The molecule has 0 N–H and O–H groups in total.